The normalized spacial score (nSPS) is 13.4. The number of fused-ring (bicyclic) bond motifs is 1. The highest BCUT2D eigenvalue weighted by Gasteiger charge is 2.31. The number of alkyl halides is 3. The van der Waals surface area contributed by atoms with Crippen molar-refractivity contribution in [3.05, 3.63) is 23.8 Å². The number of hydrogen-bond donors (Lipinski definition) is 2. The van der Waals surface area contributed by atoms with Crippen LogP contribution in [0.25, 0.3) is 11.0 Å². The predicted octanol–water partition coefficient (Wildman–Crippen LogP) is 2.33. The summed E-state index contributed by atoms with van der Waals surface area (Å²) < 4.78 is 39.5. The van der Waals surface area contributed by atoms with E-state index in [1.165, 1.54) is 10.6 Å². The topological polar surface area (TPSA) is 72.9 Å². The molecule has 0 saturated heterocycles. The van der Waals surface area contributed by atoms with Gasteiger partial charge in [-0.25, -0.2) is 4.98 Å². The van der Waals surface area contributed by atoms with E-state index in [9.17, 15) is 18.0 Å². The van der Waals surface area contributed by atoms with Gasteiger partial charge >= 0.3 is 6.18 Å². The zero-order valence-electron chi connectivity index (χ0n) is 11.5. The number of imidazole rings is 1. The summed E-state index contributed by atoms with van der Waals surface area (Å²) in [5, 5.41) is 2.64. The van der Waals surface area contributed by atoms with E-state index in [2.05, 4.69) is 10.3 Å². The van der Waals surface area contributed by atoms with Gasteiger partial charge in [0, 0.05) is 6.54 Å². The number of likely N-dealkylation sites (N-methyl/N-ethyl adjacent to an activating group) is 1. The summed E-state index contributed by atoms with van der Waals surface area (Å²) in [6, 6.07) is 2.49. The second-order valence-corrected chi connectivity index (χ2v) is 4.61. The monoisotopic (exact) mass is 300 g/mol. The van der Waals surface area contributed by atoms with Crippen LogP contribution in [0.2, 0.25) is 0 Å². The van der Waals surface area contributed by atoms with E-state index < -0.39 is 17.8 Å². The first-order valence-electron chi connectivity index (χ1n) is 6.38. The largest absolute Gasteiger partial charge is 0.416 e. The van der Waals surface area contributed by atoms with Crippen molar-refractivity contribution in [2.24, 2.45) is 0 Å². The molecular formula is C13H15F3N4O. The second-order valence-electron chi connectivity index (χ2n) is 4.61. The quantitative estimate of drug-likeness (QED) is 0.913. The number of nitrogen functional groups attached to an aromatic ring is 1. The minimum Gasteiger partial charge on any atom is -0.369 e. The summed E-state index contributed by atoms with van der Waals surface area (Å²) >= 11 is 0. The lowest BCUT2D eigenvalue weighted by Crippen LogP contribution is -2.31. The molecule has 0 fully saturated rings. The molecule has 0 aliphatic rings. The molecule has 0 aliphatic heterocycles. The molecule has 0 aliphatic carbocycles. The first-order chi connectivity index (χ1) is 9.75. The maximum Gasteiger partial charge on any atom is 0.416 e. The van der Waals surface area contributed by atoms with Crippen LogP contribution in [0.3, 0.4) is 0 Å². The van der Waals surface area contributed by atoms with E-state index >= 15 is 0 Å². The number of nitrogens with one attached hydrogen (secondary N) is 1. The number of halogens is 3. The Morgan fingerprint density at radius 2 is 2.14 bits per heavy atom. The van der Waals surface area contributed by atoms with Gasteiger partial charge in [0.2, 0.25) is 11.9 Å². The first-order valence-corrected chi connectivity index (χ1v) is 6.38. The molecule has 1 atom stereocenters. The van der Waals surface area contributed by atoms with Gasteiger partial charge < -0.3 is 11.1 Å². The highest BCUT2D eigenvalue weighted by molar-refractivity contribution is 5.85. The van der Waals surface area contributed by atoms with Crippen LogP contribution < -0.4 is 11.1 Å². The molecule has 2 rings (SSSR count). The molecule has 3 N–H and O–H groups in total. The van der Waals surface area contributed by atoms with Crippen LogP contribution in [0, 0.1) is 0 Å². The molecule has 1 heterocycles. The molecule has 1 unspecified atom stereocenters. The summed E-state index contributed by atoms with van der Waals surface area (Å²) in [4.78, 5) is 15.8. The zero-order valence-corrected chi connectivity index (χ0v) is 11.5. The van der Waals surface area contributed by atoms with Crippen LogP contribution in [0.4, 0.5) is 19.1 Å². The van der Waals surface area contributed by atoms with Crippen LogP contribution >= 0.6 is 0 Å². The third-order valence-electron chi connectivity index (χ3n) is 3.16. The summed E-state index contributed by atoms with van der Waals surface area (Å²) in [7, 11) is 0. The van der Waals surface area contributed by atoms with Crippen molar-refractivity contribution >= 4 is 22.9 Å². The van der Waals surface area contributed by atoms with Crippen molar-refractivity contribution in [3.63, 3.8) is 0 Å². The Labute approximate surface area is 118 Å². The van der Waals surface area contributed by atoms with Gasteiger partial charge in [0.15, 0.2) is 0 Å². The molecule has 0 spiro atoms. The second kappa shape index (κ2) is 5.27. The number of nitrogens with two attached hydrogens (primary N) is 1. The third kappa shape index (κ3) is 2.79. The lowest BCUT2D eigenvalue weighted by Gasteiger charge is -2.15. The van der Waals surface area contributed by atoms with E-state index in [0.717, 1.165) is 12.1 Å². The fraction of sp³-hybridized carbons (Fsp3) is 0.385. The van der Waals surface area contributed by atoms with Crippen LogP contribution in [0.1, 0.15) is 25.5 Å². The van der Waals surface area contributed by atoms with Crippen molar-refractivity contribution in [2.45, 2.75) is 26.1 Å². The fourth-order valence-electron chi connectivity index (χ4n) is 2.14. The average Bonchev–Trinajstić information content (AvgIpc) is 2.72. The van der Waals surface area contributed by atoms with E-state index in [1.54, 1.807) is 13.8 Å². The predicted molar refractivity (Wildman–Crippen MR) is 72.5 cm³/mol. The van der Waals surface area contributed by atoms with Crippen LogP contribution in [-0.4, -0.2) is 22.0 Å². The molecule has 114 valence electrons. The molecule has 8 heteroatoms. The Morgan fingerprint density at radius 1 is 1.48 bits per heavy atom. The van der Waals surface area contributed by atoms with Gasteiger partial charge in [-0.1, -0.05) is 0 Å². The molecule has 1 aromatic carbocycles. The summed E-state index contributed by atoms with van der Waals surface area (Å²) in [6.45, 7) is 3.84. The minimum absolute atomic E-state index is 0.00285. The summed E-state index contributed by atoms with van der Waals surface area (Å²) in [5.41, 5.74) is 5.44. The van der Waals surface area contributed by atoms with Crippen LogP contribution in [-0.2, 0) is 11.0 Å². The van der Waals surface area contributed by atoms with Gasteiger partial charge in [-0.15, -0.1) is 0 Å². The lowest BCUT2D eigenvalue weighted by atomic mass is 10.2. The van der Waals surface area contributed by atoms with E-state index in [1.807, 2.05) is 0 Å². The fourth-order valence-corrected chi connectivity index (χ4v) is 2.14. The van der Waals surface area contributed by atoms with Crippen LogP contribution in [0.5, 0.6) is 0 Å². The molecule has 1 aromatic heterocycles. The van der Waals surface area contributed by atoms with Crippen molar-refractivity contribution < 1.29 is 18.0 Å². The molecule has 21 heavy (non-hydrogen) atoms. The number of carbonyl (C=O) groups excluding carboxylic acids is 1. The maximum atomic E-state index is 12.7. The van der Waals surface area contributed by atoms with E-state index in [4.69, 9.17) is 5.73 Å². The number of anilines is 1. The number of hydrogen-bond acceptors (Lipinski definition) is 3. The SMILES string of the molecule is CCNC(=O)C(C)n1c(N)nc2cc(C(F)(F)F)ccc21. The number of aromatic nitrogens is 2. The Morgan fingerprint density at radius 3 is 2.71 bits per heavy atom. The average molecular weight is 300 g/mol. The van der Waals surface area contributed by atoms with Crippen molar-refractivity contribution in [1.82, 2.24) is 14.9 Å². The molecule has 0 radical (unpaired) electrons. The van der Waals surface area contributed by atoms with E-state index in [0.29, 0.717) is 12.1 Å². The number of carbonyl (C=O) groups is 1. The first kappa shape index (κ1) is 15.1. The highest BCUT2D eigenvalue weighted by Crippen LogP contribution is 2.32. The highest BCUT2D eigenvalue weighted by atomic mass is 19.4. The number of rotatable bonds is 3. The van der Waals surface area contributed by atoms with Gasteiger partial charge in [0.05, 0.1) is 16.6 Å². The molecular weight excluding hydrogens is 285 g/mol. The number of amides is 1. The smallest absolute Gasteiger partial charge is 0.369 e. The summed E-state index contributed by atoms with van der Waals surface area (Å²) in [6.07, 6.45) is -4.45. The molecule has 0 saturated carbocycles. The molecule has 2 aromatic rings. The van der Waals surface area contributed by atoms with Crippen molar-refractivity contribution in [1.29, 1.82) is 0 Å². The van der Waals surface area contributed by atoms with Crippen LogP contribution in [0.15, 0.2) is 18.2 Å². The lowest BCUT2D eigenvalue weighted by molar-refractivity contribution is -0.137. The third-order valence-corrected chi connectivity index (χ3v) is 3.16. The number of nitrogens with zero attached hydrogens (tertiary/aromatic N) is 2. The molecule has 5 nitrogen and oxygen atoms in total. The summed E-state index contributed by atoms with van der Waals surface area (Å²) in [5.74, 6) is -0.272. The van der Waals surface area contributed by atoms with Gasteiger partial charge in [-0.2, -0.15) is 13.2 Å². The Kier molecular flexibility index (Phi) is 3.80. The van der Waals surface area contributed by atoms with Crippen molar-refractivity contribution in [2.75, 3.05) is 12.3 Å². The van der Waals surface area contributed by atoms with Gasteiger partial charge in [-0.05, 0) is 32.0 Å². The molecule has 0 bridgehead atoms. The maximum absolute atomic E-state index is 12.7. The van der Waals surface area contributed by atoms with E-state index in [-0.39, 0.29) is 17.4 Å². The molecule has 1 amide bonds. The standard InChI is InChI=1S/C13H15F3N4O/c1-3-18-11(21)7(2)20-10-5-4-8(13(14,15)16)6-9(10)19-12(20)17/h4-7H,3H2,1-2H3,(H2,17,19)(H,18,21). The Bertz CT molecular complexity index is 678. The Balaban J connectivity index is 2.51. The van der Waals surface area contributed by atoms with Crippen molar-refractivity contribution in [3.8, 4) is 0 Å². The van der Waals surface area contributed by atoms with Gasteiger partial charge in [0.1, 0.15) is 6.04 Å². The van der Waals surface area contributed by atoms with Gasteiger partial charge in [-0.3, -0.25) is 9.36 Å². The zero-order chi connectivity index (χ0) is 15.8. The number of benzene rings is 1. The minimum atomic E-state index is -4.45. The Hall–Kier alpha value is -2.25. The van der Waals surface area contributed by atoms with Gasteiger partial charge in [0.25, 0.3) is 0 Å².